The van der Waals surface area contributed by atoms with Crippen LogP contribution in [0.15, 0.2) is 28.9 Å². The summed E-state index contributed by atoms with van der Waals surface area (Å²) in [5, 5.41) is 29.7. The number of nitrogens with zero attached hydrogens (tertiary/aromatic N) is 3. The van der Waals surface area contributed by atoms with Crippen LogP contribution in [0.5, 0.6) is 5.75 Å². The van der Waals surface area contributed by atoms with Gasteiger partial charge in [0.15, 0.2) is 5.82 Å². The van der Waals surface area contributed by atoms with E-state index in [0.717, 1.165) is 5.56 Å². The molecular formula is C20H19F2N3O4. The molecule has 2 atom stereocenters. The number of rotatable bonds is 3. The molecular weight excluding hydrogens is 384 g/mol. The molecule has 1 fully saturated rings. The van der Waals surface area contributed by atoms with E-state index in [1.807, 2.05) is 4.90 Å². The maximum absolute atomic E-state index is 13.7. The van der Waals surface area contributed by atoms with E-state index in [1.54, 1.807) is 6.07 Å². The van der Waals surface area contributed by atoms with Crippen LogP contribution in [0.4, 0.5) is 14.6 Å². The quantitative estimate of drug-likeness (QED) is 0.694. The maximum Gasteiger partial charge on any atom is 0.264 e. The summed E-state index contributed by atoms with van der Waals surface area (Å²) in [5.74, 6) is 0.345. The number of aromatic hydroxyl groups is 1. The Morgan fingerprint density at radius 2 is 2.10 bits per heavy atom. The van der Waals surface area contributed by atoms with Crippen LogP contribution in [0.25, 0.3) is 22.2 Å². The van der Waals surface area contributed by atoms with Crippen LogP contribution in [-0.4, -0.2) is 52.3 Å². The van der Waals surface area contributed by atoms with Crippen molar-refractivity contribution in [2.75, 3.05) is 24.7 Å². The molecule has 1 saturated heterocycles. The minimum absolute atomic E-state index is 0.0336. The van der Waals surface area contributed by atoms with Gasteiger partial charge in [0.1, 0.15) is 11.3 Å². The smallest absolute Gasteiger partial charge is 0.264 e. The molecule has 0 aliphatic carbocycles. The molecule has 5 rings (SSSR count). The van der Waals surface area contributed by atoms with Crippen molar-refractivity contribution >= 4 is 16.8 Å². The van der Waals surface area contributed by atoms with Gasteiger partial charge in [-0.3, -0.25) is 0 Å². The van der Waals surface area contributed by atoms with Crippen molar-refractivity contribution in [2.45, 2.75) is 31.4 Å². The van der Waals surface area contributed by atoms with Crippen LogP contribution < -0.4 is 4.90 Å². The number of halogens is 2. The number of alkyl halides is 2. The number of aliphatic hydroxyl groups is 1. The van der Waals surface area contributed by atoms with Crippen LogP contribution in [0.2, 0.25) is 0 Å². The van der Waals surface area contributed by atoms with Gasteiger partial charge in [0, 0.05) is 24.3 Å². The normalized spacial score (nSPS) is 21.9. The summed E-state index contributed by atoms with van der Waals surface area (Å²) in [6, 6.07) is 4.34. The first-order chi connectivity index (χ1) is 14.0. The molecule has 1 aromatic carbocycles. The zero-order chi connectivity index (χ0) is 20.1. The third kappa shape index (κ3) is 2.92. The average molecular weight is 403 g/mol. The van der Waals surface area contributed by atoms with Gasteiger partial charge in [-0.2, -0.15) is 0 Å². The summed E-state index contributed by atoms with van der Waals surface area (Å²) in [5.41, 5.74) is 0.840. The van der Waals surface area contributed by atoms with E-state index in [2.05, 4.69) is 10.2 Å². The Balaban J connectivity index is 1.58. The fraction of sp³-hybridized carbons (Fsp3) is 0.400. The van der Waals surface area contributed by atoms with E-state index in [-0.39, 0.29) is 40.8 Å². The molecule has 0 amide bonds. The van der Waals surface area contributed by atoms with Crippen LogP contribution >= 0.6 is 0 Å². The Morgan fingerprint density at radius 1 is 1.24 bits per heavy atom. The number of aromatic nitrogens is 2. The lowest BCUT2D eigenvalue weighted by atomic mass is 9.99. The van der Waals surface area contributed by atoms with E-state index in [1.165, 1.54) is 18.4 Å². The van der Waals surface area contributed by atoms with Crippen LogP contribution in [-0.2, 0) is 11.2 Å². The lowest BCUT2D eigenvalue weighted by Gasteiger charge is -2.35. The number of benzene rings is 1. The summed E-state index contributed by atoms with van der Waals surface area (Å²) in [6.07, 6.45) is -0.754. The van der Waals surface area contributed by atoms with Gasteiger partial charge in [-0.15, -0.1) is 10.2 Å². The highest BCUT2D eigenvalue weighted by Crippen LogP contribution is 2.43. The summed E-state index contributed by atoms with van der Waals surface area (Å²) in [6.45, 7) is 1.50. The van der Waals surface area contributed by atoms with Crippen LogP contribution in [0, 0.1) is 0 Å². The van der Waals surface area contributed by atoms with E-state index < -0.39 is 12.5 Å². The molecule has 0 saturated carbocycles. The number of hydrogen-bond acceptors (Lipinski definition) is 7. The molecule has 2 aliphatic rings. The first-order valence-electron chi connectivity index (χ1n) is 9.45. The largest absolute Gasteiger partial charge is 0.506 e. The van der Waals surface area contributed by atoms with Gasteiger partial charge in [-0.05, 0) is 31.0 Å². The monoisotopic (exact) mass is 403 g/mol. The molecule has 7 nitrogen and oxygen atoms in total. The molecule has 152 valence electrons. The highest BCUT2D eigenvalue weighted by molar-refractivity contribution is 5.93. The minimum Gasteiger partial charge on any atom is -0.506 e. The van der Waals surface area contributed by atoms with Crippen molar-refractivity contribution in [2.24, 2.45) is 0 Å². The number of phenolic OH excluding ortho intramolecular Hbond substituents is 1. The number of hydrogen-bond donors (Lipinski definition) is 2. The van der Waals surface area contributed by atoms with Crippen molar-refractivity contribution in [1.29, 1.82) is 0 Å². The highest BCUT2D eigenvalue weighted by Gasteiger charge is 2.35. The third-order valence-electron chi connectivity index (χ3n) is 5.69. The molecule has 0 spiro atoms. The second-order valence-corrected chi connectivity index (χ2v) is 7.34. The molecule has 0 bridgehead atoms. The topological polar surface area (TPSA) is 91.9 Å². The van der Waals surface area contributed by atoms with E-state index in [4.69, 9.17) is 9.15 Å². The maximum atomic E-state index is 13.7. The van der Waals surface area contributed by atoms with E-state index >= 15 is 0 Å². The van der Waals surface area contributed by atoms with Crippen molar-refractivity contribution in [3.05, 3.63) is 35.6 Å². The van der Waals surface area contributed by atoms with E-state index in [9.17, 15) is 19.0 Å². The van der Waals surface area contributed by atoms with Crippen molar-refractivity contribution < 1.29 is 28.1 Å². The zero-order valence-corrected chi connectivity index (χ0v) is 15.4. The molecule has 0 radical (unpaired) electrons. The molecule has 9 heteroatoms. The molecule has 3 aromatic rings. The predicted molar refractivity (Wildman–Crippen MR) is 100 cm³/mol. The minimum atomic E-state index is -2.81. The van der Waals surface area contributed by atoms with Crippen LogP contribution in [0.3, 0.4) is 0 Å². The fourth-order valence-electron chi connectivity index (χ4n) is 4.27. The Hall–Kier alpha value is -2.78. The van der Waals surface area contributed by atoms with E-state index in [0.29, 0.717) is 37.2 Å². The number of fused-ring (bicyclic) bond motifs is 2. The lowest BCUT2D eigenvalue weighted by Crippen LogP contribution is -2.48. The number of phenols is 1. The fourth-order valence-corrected chi connectivity index (χ4v) is 4.27. The molecule has 2 aliphatic heterocycles. The number of furan rings is 1. The SMILES string of the molecule is Oc1c(-c2cc3c(nn2)N([C@@H]2CCOC[C@H]2O)CC3)c(C(F)F)cc2occc12. The van der Waals surface area contributed by atoms with Gasteiger partial charge >= 0.3 is 0 Å². The Morgan fingerprint density at radius 3 is 2.90 bits per heavy atom. The van der Waals surface area contributed by atoms with Gasteiger partial charge in [0.25, 0.3) is 6.43 Å². The predicted octanol–water partition coefficient (Wildman–Crippen LogP) is 3.05. The third-order valence-corrected chi connectivity index (χ3v) is 5.69. The van der Waals surface area contributed by atoms with Crippen molar-refractivity contribution in [3.63, 3.8) is 0 Å². The summed E-state index contributed by atoms with van der Waals surface area (Å²) in [4.78, 5) is 2.01. The standard InChI is InChI=1S/C20H19F2N3O4/c21-19(22)12-8-16-11(2-6-29-16)18(27)17(12)13-7-10-1-4-25(20(10)24-23-13)14-3-5-28-9-15(14)26/h2,6-8,14-15,19,26-27H,1,3-5,9H2/t14-,15-/m1/s1. The van der Waals surface area contributed by atoms with Gasteiger partial charge in [-0.25, -0.2) is 8.78 Å². The average Bonchev–Trinajstić information content (AvgIpc) is 3.34. The summed E-state index contributed by atoms with van der Waals surface area (Å²) >= 11 is 0. The highest BCUT2D eigenvalue weighted by atomic mass is 19.3. The Bertz CT molecular complexity index is 1070. The summed E-state index contributed by atoms with van der Waals surface area (Å²) in [7, 11) is 0. The first kappa shape index (κ1) is 18.3. The summed E-state index contributed by atoms with van der Waals surface area (Å²) < 4.78 is 37.9. The molecule has 4 heterocycles. The molecule has 0 unspecified atom stereocenters. The zero-order valence-electron chi connectivity index (χ0n) is 15.4. The second-order valence-electron chi connectivity index (χ2n) is 7.34. The molecule has 2 N–H and O–H groups in total. The lowest BCUT2D eigenvalue weighted by molar-refractivity contribution is -0.0200. The van der Waals surface area contributed by atoms with Crippen molar-refractivity contribution in [1.82, 2.24) is 10.2 Å². The van der Waals surface area contributed by atoms with Crippen LogP contribution in [0.1, 0.15) is 24.0 Å². The Labute approximate surface area is 164 Å². The number of ether oxygens (including phenoxy) is 1. The van der Waals surface area contributed by atoms with Gasteiger partial charge in [-0.1, -0.05) is 0 Å². The Kier molecular flexibility index (Phi) is 4.36. The molecule has 29 heavy (non-hydrogen) atoms. The molecule has 2 aromatic heterocycles. The second kappa shape index (κ2) is 6.93. The van der Waals surface area contributed by atoms with Gasteiger partial charge < -0.3 is 24.3 Å². The number of aliphatic hydroxyl groups excluding tert-OH is 1. The van der Waals surface area contributed by atoms with Gasteiger partial charge in [0.2, 0.25) is 0 Å². The van der Waals surface area contributed by atoms with Crippen molar-refractivity contribution in [3.8, 4) is 17.0 Å². The number of anilines is 1. The van der Waals surface area contributed by atoms with Gasteiger partial charge in [0.05, 0.1) is 41.7 Å². The first-order valence-corrected chi connectivity index (χ1v) is 9.45.